The highest BCUT2D eigenvalue weighted by Crippen LogP contribution is 2.43. The van der Waals surface area contributed by atoms with Crippen molar-refractivity contribution in [2.45, 2.75) is 11.1 Å². The summed E-state index contributed by atoms with van der Waals surface area (Å²) >= 11 is 0. The zero-order chi connectivity index (χ0) is 27.6. The summed E-state index contributed by atoms with van der Waals surface area (Å²) in [6, 6.07) is 16.8. The van der Waals surface area contributed by atoms with Gasteiger partial charge in [-0.1, -0.05) is 35.4 Å². The summed E-state index contributed by atoms with van der Waals surface area (Å²) in [5, 5.41) is 16.8. The van der Waals surface area contributed by atoms with E-state index in [0.717, 1.165) is 20.5 Å². The summed E-state index contributed by atoms with van der Waals surface area (Å²) in [6.45, 7) is 0. The summed E-state index contributed by atoms with van der Waals surface area (Å²) < 4.78 is 38.6. The van der Waals surface area contributed by atoms with Crippen LogP contribution in [0, 0.1) is 11.3 Å². The Labute approximate surface area is 217 Å². The number of hydrogen-bond acceptors (Lipinski definition) is 12. The van der Waals surface area contributed by atoms with Crippen LogP contribution in [0.2, 0.25) is 0 Å². The fraction of sp³-hybridized carbons (Fsp3) is 0.160. The van der Waals surface area contributed by atoms with Gasteiger partial charge in [0.2, 0.25) is 15.7 Å². The summed E-state index contributed by atoms with van der Waals surface area (Å²) in [5.74, 6) is -2.88. The number of nitrogens with two attached hydrogens (primary N) is 1. The molecule has 2 heterocycles. The van der Waals surface area contributed by atoms with Gasteiger partial charge < -0.3 is 19.6 Å². The maximum Gasteiger partial charge on any atom is 0.355 e. The Morgan fingerprint density at radius 3 is 2.18 bits per heavy atom. The molecular formula is C25H21N5O7S. The molecule has 0 radical (unpaired) electrons. The number of carbonyl (C=O) groups is 2. The molecule has 12 nitrogen and oxygen atoms in total. The van der Waals surface area contributed by atoms with Gasteiger partial charge in [-0.2, -0.15) is 5.26 Å². The lowest BCUT2D eigenvalue weighted by molar-refractivity contribution is -0.139. The Hall–Kier alpha value is -4.96. The van der Waals surface area contributed by atoms with E-state index in [-0.39, 0.29) is 34.2 Å². The smallest absolute Gasteiger partial charge is 0.355 e. The zero-order valence-electron chi connectivity index (χ0n) is 20.4. The van der Waals surface area contributed by atoms with Crippen molar-refractivity contribution < 1.29 is 31.9 Å². The largest absolute Gasteiger partial charge is 0.466 e. The number of esters is 2. The van der Waals surface area contributed by atoms with E-state index in [1.54, 1.807) is 30.3 Å². The molecule has 0 fully saturated rings. The van der Waals surface area contributed by atoms with E-state index in [1.165, 1.54) is 29.2 Å². The van der Waals surface area contributed by atoms with E-state index in [1.807, 2.05) is 0 Å². The Morgan fingerprint density at radius 1 is 1.03 bits per heavy atom. The lowest BCUT2D eigenvalue weighted by Crippen LogP contribution is -2.40. The second kappa shape index (κ2) is 10.2. The standard InChI is InChI=1S/C25H21N5O7S/c1-35-23(31)19-18(14-7-5-4-6-8-14)17(13-26)21(27)30(20(19)24(32)36-2)16-11-9-15(10-12-16)22-28-29-25(37-22)38(3,33)34/h4-12,18H,27H2,1-3H3. The Morgan fingerprint density at radius 2 is 1.66 bits per heavy atom. The number of aromatic nitrogens is 2. The Kier molecular flexibility index (Phi) is 7.00. The third-order valence-electron chi connectivity index (χ3n) is 5.71. The molecule has 1 aliphatic heterocycles. The summed E-state index contributed by atoms with van der Waals surface area (Å²) in [6.07, 6.45) is 0.938. The number of carbonyl (C=O) groups excluding carboxylic acids is 2. The lowest BCUT2D eigenvalue weighted by Gasteiger charge is -2.35. The molecule has 1 aliphatic rings. The lowest BCUT2D eigenvalue weighted by atomic mass is 9.81. The number of sulfone groups is 1. The first-order valence-electron chi connectivity index (χ1n) is 10.9. The van der Waals surface area contributed by atoms with Gasteiger partial charge in [-0.3, -0.25) is 4.90 Å². The molecule has 2 N–H and O–H groups in total. The number of nitrogens with zero attached hydrogens (tertiary/aromatic N) is 4. The van der Waals surface area contributed by atoms with Gasteiger partial charge >= 0.3 is 17.2 Å². The fourth-order valence-corrected chi connectivity index (χ4v) is 4.43. The van der Waals surface area contributed by atoms with Crippen LogP contribution in [0.3, 0.4) is 0 Å². The van der Waals surface area contributed by atoms with Gasteiger partial charge in [0.05, 0.1) is 37.4 Å². The fourth-order valence-electron chi connectivity index (χ4n) is 4.01. The van der Waals surface area contributed by atoms with Gasteiger partial charge in [0, 0.05) is 17.5 Å². The number of allylic oxidation sites excluding steroid dienone is 1. The number of anilines is 1. The first-order valence-corrected chi connectivity index (χ1v) is 12.8. The maximum absolute atomic E-state index is 13.1. The number of ether oxygens (including phenoxy) is 2. The van der Waals surface area contributed by atoms with Crippen LogP contribution in [0.5, 0.6) is 0 Å². The van der Waals surface area contributed by atoms with Crippen LogP contribution in [0.4, 0.5) is 5.69 Å². The molecule has 1 atom stereocenters. The number of benzene rings is 2. The molecule has 4 rings (SSSR count). The van der Waals surface area contributed by atoms with Crippen LogP contribution in [-0.4, -0.2) is 51.0 Å². The molecule has 194 valence electrons. The van der Waals surface area contributed by atoms with Crippen molar-refractivity contribution in [1.29, 1.82) is 5.26 Å². The van der Waals surface area contributed by atoms with Gasteiger partial charge in [-0.05, 0) is 29.8 Å². The molecule has 0 saturated heterocycles. The molecule has 0 amide bonds. The van der Waals surface area contributed by atoms with Gasteiger partial charge in [-0.25, -0.2) is 18.0 Å². The predicted octanol–water partition coefficient (Wildman–Crippen LogP) is 2.04. The van der Waals surface area contributed by atoms with Gasteiger partial charge in [0.1, 0.15) is 11.5 Å². The Balaban J connectivity index is 1.91. The Bertz CT molecular complexity index is 1620. The van der Waals surface area contributed by atoms with Crippen molar-refractivity contribution in [3.05, 3.63) is 82.8 Å². The van der Waals surface area contributed by atoms with Crippen LogP contribution in [0.15, 0.2) is 86.9 Å². The van der Waals surface area contributed by atoms with Crippen LogP contribution < -0.4 is 10.6 Å². The van der Waals surface area contributed by atoms with Crippen molar-refractivity contribution in [2.75, 3.05) is 25.4 Å². The molecule has 13 heteroatoms. The van der Waals surface area contributed by atoms with Crippen molar-refractivity contribution in [3.63, 3.8) is 0 Å². The monoisotopic (exact) mass is 535 g/mol. The minimum atomic E-state index is -3.70. The second-order valence-corrected chi connectivity index (χ2v) is 9.92. The third kappa shape index (κ3) is 4.60. The quantitative estimate of drug-likeness (QED) is 0.455. The average molecular weight is 536 g/mol. The van der Waals surface area contributed by atoms with E-state index in [2.05, 4.69) is 16.3 Å². The minimum Gasteiger partial charge on any atom is -0.466 e. The topological polar surface area (TPSA) is 179 Å². The van der Waals surface area contributed by atoms with Crippen LogP contribution in [0.1, 0.15) is 11.5 Å². The maximum atomic E-state index is 13.1. The van der Waals surface area contributed by atoms with Gasteiger partial charge in [-0.15, -0.1) is 5.10 Å². The van der Waals surface area contributed by atoms with Crippen LogP contribution in [0.25, 0.3) is 11.5 Å². The average Bonchev–Trinajstić information content (AvgIpc) is 3.43. The first-order chi connectivity index (χ1) is 18.1. The van der Waals surface area contributed by atoms with Crippen molar-refractivity contribution >= 4 is 27.5 Å². The molecule has 0 saturated carbocycles. The van der Waals surface area contributed by atoms with E-state index in [0.29, 0.717) is 11.1 Å². The highest BCUT2D eigenvalue weighted by molar-refractivity contribution is 7.90. The van der Waals surface area contributed by atoms with E-state index >= 15 is 0 Å². The molecule has 0 bridgehead atoms. The zero-order valence-corrected chi connectivity index (χ0v) is 21.2. The molecule has 1 unspecified atom stereocenters. The molecular weight excluding hydrogens is 514 g/mol. The first kappa shape index (κ1) is 26.1. The number of hydrogen-bond donors (Lipinski definition) is 1. The molecule has 0 aliphatic carbocycles. The number of rotatable bonds is 6. The molecule has 1 aromatic heterocycles. The number of methoxy groups -OCH3 is 2. The van der Waals surface area contributed by atoms with Crippen LogP contribution in [-0.2, 0) is 28.9 Å². The molecule has 38 heavy (non-hydrogen) atoms. The summed E-state index contributed by atoms with van der Waals surface area (Å²) in [5.41, 5.74) is 7.32. The predicted molar refractivity (Wildman–Crippen MR) is 132 cm³/mol. The molecule has 2 aromatic carbocycles. The normalized spacial score (nSPS) is 15.7. The van der Waals surface area contributed by atoms with E-state index in [9.17, 15) is 23.3 Å². The minimum absolute atomic E-state index is 0.0167. The van der Waals surface area contributed by atoms with E-state index in [4.69, 9.17) is 19.6 Å². The van der Waals surface area contributed by atoms with Crippen molar-refractivity contribution in [3.8, 4) is 17.5 Å². The SMILES string of the molecule is COC(=O)C1=C(C(=O)OC)N(c2ccc(-c3nnc(S(C)(=O)=O)o3)cc2)C(N)=C(C#N)C1c1ccccc1. The van der Waals surface area contributed by atoms with E-state index < -0.39 is 32.9 Å². The molecule has 3 aromatic rings. The summed E-state index contributed by atoms with van der Waals surface area (Å²) in [4.78, 5) is 27.4. The van der Waals surface area contributed by atoms with Crippen LogP contribution >= 0.6 is 0 Å². The van der Waals surface area contributed by atoms with Crippen molar-refractivity contribution in [1.82, 2.24) is 10.2 Å². The highest BCUT2D eigenvalue weighted by atomic mass is 32.2. The third-order valence-corrected chi connectivity index (χ3v) is 6.51. The number of nitriles is 1. The van der Waals surface area contributed by atoms with Gasteiger partial charge in [0.25, 0.3) is 0 Å². The second-order valence-electron chi connectivity index (χ2n) is 8.03. The summed E-state index contributed by atoms with van der Waals surface area (Å²) in [7, 11) is -1.39. The van der Waals surface area contributed by atoms with Gasteiger partial charge in [0.15, 0.2) is 0 Å². The van der Waals surface area contributed by atoms with Crippen molar-refractivity contribution in [2.24, 2.45) is 5.73 Å². The molecule has 0 spiro atoms. The highest BCUT2D eigenvalue weighted by Gasteiger charge is 2.43.